The Hall–Kier alpha value is -3.82. The highest BCUT2D eigenvalue weighted by Crippen LogP contribution is 2.23. The van der Waals surface area contributed by atoms with Crippen molar-refractivity contribution in [2.75, 3.05) is 13.7 Å². The summed E-state index contributed by atoms with van der Waals surface area (Å²) in [5, 5.41) is 17.9. The molecular weight excluding hydrogens is 524 g/mol. The Morgan fingerprint density at radius 2 is 1.97 bits per heavy atom. The topological polar surface area (TPSA) is 133 Å². The summed E-state index contributed by atoms with van der Waals surface area (Å²) in [6.45, 7) is 2.00. The number of likely N-dealkylation sites (tertiary alicyclic amines) is 1. The van der Waals surface area contributed by atoms with Gasteiger partial charge in [-0.05, 0) is 81.5 Å². The third-order valence-corrected chi connectivity index (χ3v) is 7.64. The van der Waals surface area contributed by atoms with Gasteiger partial charge in [-0.15, -0.1) is 0 Å². The van der Waals surface area contributed by atoms with E-state index in [9.17, 15) is 13.2 Å². The molecule has 5 rings (SSSR count). The number of fused-ring (bicyclic) bond motifs is 1. The van der Waals surface area contributed by atoms with Gasteiger partial charge < -0.3 is 15.0 Å². The Morgan fingerprint density at radius 1 is 1.16 bits per heavy atom. The van der Waals surface area contributed by atoms with Gasteiger partial charge in [0.2, 0.25) is 5.91 Å². The molecule has 0 aliphatic carbocycles. The number of nitrogens with one attached hydrogen (secondary N) is 1. The molecule has 0 radical (unpaired) electrons. The quantitative estimate of drug-likeness (QED) is 0.330. The molecule has 1 fully saturated rings. The van der Waals surface area contributed by atoms with Crippen LogP contribution in [-0.2, 0) is 28.0 Å². The summed E-state index contributed by atoms with van der Waals surface area (Å²) in [6, 6.07) is 17.3. The van der Waals surface area contributed by atoms with E-state index in [1.54, 1.807) is 41.8 Å². The van der Waals surface area contributed by atoms with Crippen molar-refractivity contribution < 1.29 is 22.5 Å². The highest BCUT2D eigenvalue weighted by atomic mass is 32.2. The van der Waals surface area contributed by atoms with Gasteiger partial charge in [-0.25, -0.2) is 4.98 Å². The molecule has 1 atom stereocenters. The minimum atomic E-state index is -4.15. The van der Waals surface area contributed by atoms with Crippen molar-refractivity contribution in [1.29, 1.82) is 5.26 Å². The Balaban J connectivity index is 0.000000186. The molecule has 196 valence electrons. The van der Waals surface area contributed by atoms with Crippen LogP contribution in [0.15, 0.2) is 76.4 Å². The Bertz CT molecular complexity index is 1570. The molecular formula is C27H26N4O5S2. The Labute approximate surface area is 225 Å². The molecule has 1 aliphatic rings. The fraction of sp³-hybridized carbons (Fsp3) is 0.222. The van der Waals surface area contributed by atoms with Crippen LogP contribution >= 0.6 is 11.3 Å². The standard InChI is InChI=1S/C16H16N4OS.C11H10O4S/c17-8-14-7-12(1-4-18-14)10-20-5-2-15(16(20)21)19-9-13-3-6-22-11-13;1-15-10-4-2-8-3-5-11(16(12,13)14)7-9(8)6-10/h1,3-4,6-7,11,15,19H,2,5,9-10H2;2-7H,1H3,(H,12,13,14)/t15-;/m0./s1. The molecule has 3 heterocycles. The predicted octanol–water partition coefficient (Wildman–Crippen LogP) is 4.00. The predicted molar refractivity (Wildman–Crippen MR) is 144 cm³/mol. The van der Waals surface area contributed by atoms with Crippen molar-refractivity contribution in [2.24, 2.45) is 0 Å². The second-order valence-corrected chi connectivity index (χ2v) is 10.8. The largest absolute Gasteiger partial charge is 0.497 e. The van der Waals surface area contributed by atoms with E-state index in [0.29, 0.717) is 23.4 Å². The first-order chi connectivity index (χ1) is 18.3. The molecule has 0 saturated carbocycles. The Kier molecular flexibility index (Phi) is 8.70. The summed E-state index contributed by atoms with van der Waals surface area (Å²) in [4.78, 5) is 18.1. The van der Waals surface area contributed by atoms with Gasteiger partial charge in [-0.3, -0.25) is 9.35 Å². The first-order valence-corrected chi connectivity index (χ1v) is 14.1. The van der Waals surface area contributed by atoms with Crippen LogP contribution in [0.5, 0.6) is 5.75 Å². The average Bonchev–Trinajstić information content (AvgIpc) is 3.56. The van der Waals surface area contributed by atoms with Crippen molar-refractivity contribution in [2.45, 2.75) is 30.4 Å². The summed E-state index contributed by atoms with van der Waals surface area (Å²) in [5.74, 6) is 0.769. The van der Waals surface area contributed by atoms with E-state index in [4.69, 9.17) is 14.6 Å². The number of carbonyl (C=O) groups excluding carboxylic acids is 1. The average molecular weight is 551 g/mol. The number of pyridine rings is 1. The minimum Gasteiger partial charge on any atom is -0.497 e. The van der Waals surface area contributed by atoms with Gasteiger partial charge in [0, 0.05) is 25.8 Å². The van der Waals surface area contributed by atoms with Crippen molar-refractivity contribution in [1.82, 2.24) is 15.2 Å². The summed E-state index contributed by atoms with van der Waals surface area (Å²) < 4.78 is 35.9. The highest BCUT2D eigenvalue weighted by Gasteiger charge is 2.31. The molecule has 0 unspecified atom stereocenters. The van der Waals surface area contributed by atoms with Crippen molar-refractivity contribution in [3.8, 4) is 11.8 Å². The van der Waals surface area contributed by atoms with E-state index in [1.165, 1.54) is 24.8 Å². The van der Waals surface area contributed by atoms with Crippen LogP contribution in [0.1, 0.15) is 23.2 Å². The van der Waals surface area contributed by atoms with Crippen LogP contribution in [0.3, 0.4) is 0 Å². The summed E-state index contributed by atoms with van der Waals surface area (Å²) >= 11 is 1.66. The second kappa shape index (κ2) is 12.1. The highest BCUT2D eigenvalue weighted by molar-refractivity contribution is 7.85. The monoisotopic (exact) mass is 550 g/mol. The van der Waals surface area contributed by atoms with Crippen LogP contribution in [0.4, 0.5) is 0 Å². The van der Waals surface area contributed by atoms with Crippen molar-refractivity contribution >= 4 is 38.1 Å². The second-order valence-electron chi connectivity index (χ2n) is 8.62. The SMILES string of the molecule is COc1ccc2ccc(S(=O)(=O)O)cc2c1.N#Cc1cc(CN2CC[C@H](NCc3ccsc3)C2=O)ccn1. The number of ether oxygens (including phenoxy) is 1. The minimum absolute atomic E-state index is 0.114. The third-order valence-electron chi connectivity index (χ3n) is 6.06. The van der Waals surface area contributed by atoms with E-state index in [0.717, 1.165) is 30.5 Å². The molecule has 1 amide bonds. The number of carbonyl (C=O) groups is 1. The van der Waals surface area contributed by atoms with Gasteiger partial charge in [0.25, 0.3) is 10.1 Å². The molecule has 9 nitrogen and oxygen atoms in total. The van der Waals surface area contributed by atoms with Crippen molar-refractivity contribution in [3.05, 3.63) is 88.4 Å². The fourth-order valence-corrected chi connectivity index (χ4v) is 5.25. The fourth-order valence-electron chi connectivity index (χ4n) is 4.06. The zero-order chi connectivity index (χ0) is 27.1. The number of hydrogen-bond donors (Lipinski definition) is 2. The number of nitrogens with zero attached hydrogens (tertiary/aromatic N) is 3. The van der Waals surface area contributed by atoms with Gasteiger partial charge in [0.15, 0.2) is 0 Å². The molecule has 38 heavy (non-hydrogen) atoms. The molecule has 0 spiro atoms. The van der Waals surface area contributed by atoms with E-state index in [-0.39, 0.29) is 16.8 Å². The first kappa shape index (κ1) is 27.2. The smallest absolute Gasteiger partial charge is 0.294 e. The van der Waals surface area contributed by atoms with Gasteiger partial charge >= 0.3 is 0 Å². The number of aromatic nitrogens is 1. The van der Waals surface area contributed by atoms with Gasteiger partial charge in [-0.1, -0.05) is 12.1 Å². The lowest BCUT2D eigenvalue weighted by molar-refractivity contribution is -0.129. The summed E-state index contributed by atoms with van der Waals surface area (Å²) in [5.41, 5.74) is 2.54. The zero-order valence-electron chi connectivity index (χ0n) is 20.6. The van der Waals surface area contributed by atoms with Crippen LogP contribution in [-0.4, -0.2) is 48.5 Å². The molecule has 2 N–H and O–H groups in total. The normalized spacial score (nSPS) is 15.1. The van der Waals surface area contributed by atoms with E-state index in [2.05, 4.69) is 21.7 Å². The van der Waals surface area contributed by atoms with Crippen LogP contribution in [0, 0.1) is 11.3 Å². The van der Waals surface area contributed by atoms with Crippen LogP contribution < -0.4 is 10.1 Å². The van der Waals surface area contributed by atoms with Crippen molar-refractivity contribution in [3.63, 3.8) is 0 Å². The number of methoxy groups -OCH3 is 1. The zero-order valence-corrected chi connectivity index (χ0v) is 22.2. The lowest BCUT2D eigenvalue weighted by Gasteiger charge is -2.17. The van der Waals surface area contributed by atoms with Crippen LogP contribution in [0.2, 0.25) is 0 Å². The number of nitriles is 1. The third kappa shape index (κ3) is 6.93. The maximum absolute atomic E-state index is 12.4. The molecule has 4 aromatic rings. The van der Waals surface area contributed by atoms with E-state index < -0.39 is 10.1 Å². The Morgan fingerprint density at radius 3 is 2.68 bits per heavy atom. The van der Waals surface area contributed by atoms with Gasteiger partial charge in [-0.2, -0.15) is 25.0 Å². The van der Waals surface area contributed by atoms with E-state index in [1.807, 2.05) is 28.5 Å². The first-order valence-electron chi connectivity index (χ1n) is 11.7. The van der Waals surface area contributed by atoms with Crippen LogP contribution in [0.25, 0.3) is 10.8 Å². The van der Waals surface area contributed by atoms with E-state index >= 15 is 0 Å². The number of hydrogen-bond acceptors (Lipinski definition) is 8. The summed E-state index contributed by atoms with van der Waals surface area (Å²) in [6.07, 6.45) is 2.43. The number of amides is 1. The maximum atomic E-state index is 12.4. The molecule has 11 heteroatoms. The number of thiophene rings is 1. The lowest BCUT2D eigenvalue weighted by atomic mass is 10.1. The van der Waals surface area contributed by atoms with Gasteiger partial charge in [0.05, 0.1) is 18.0 Å². The molecule has 1 aliphatic heterocycles. The molecule has 2 aromatic carbocycles. The maximum Gasteiger partial charge on any atom is 0.294 e. The number of benzene rings is 2. The number of rotatable bonds is 7. The molecule has 2 aromatic heterocycles. The molecule has 0 bridgehead atoms. The van der Waals surface area contributed by atoms with Gasteiger partial charge in [0.1, 0.15) is 17.5 Å². The lowest BCUT2D eigenvalue weighted by Crippen LogP contribution is -2.37. The summed E-state index contributed by atoms with van der Waals surface area (Å²) in [7, 11) is -2.62. The molecule has 1 saturated heterocycles.